The molecule has 0 aliphatic heterocycles. The number of carbonyl (C=O) groups is 2. The summed E-state index contributed by atoms with van der Waals surface area (Å²) in [5.74, 6) is 0.110. The van der Waals surface area contributed by atoms with Crippen LogP contribution in [0.4, 0.5) is 10.5 Å². The lowest BCUT2D eigenvalue weighted by Gasteiger charge is -2.14. The lowest BCUT2D eigenvalue weighted by atomic mass is 10.1. The second kappa shape index (κ2) is 17.4. The molecule has 2 amide bonds. The van der Waals surface area contributed by atoms with Crippen LogP contribution >= 0.6 is 0 Å². The Hall–Kier alpha value is -2.28. The second-order valence-corrected chi connectivity index (χ2v) is 7.94. The van der Waals surface area contributed by atoms with Crippen LogP contribution in [0.1, 0.15) is 84.0 Å². The zero-order valence-corrected chi connectivity index (χ0v) is 18.9. The van der Waals surface area contributed by atoms with Gasteiger partial charge in [0, 0.05) is 5.69 Å². The van der Waals surface area contributed by atoms with Crippen molar-refractivity contribution in [1.29, 1.82) is 0 Å². The Kier molecular flexibility index (Phi) is 15.0. The largest absolute Gasteiger partial charge is 0.494 e. The Morgan fingerprint density at radius 1 is 0.871 bits per heavy atom. The van der Waals surface area contributed by atoms with Crippen molar-refractivity contribution in [2.45, 2.75) is 90.0 Å². The van der Waals surface area contributed by atoms with Crippen LogP contribution in [-0.2, 0) is 4.79 Å². The summed E-state index contributed by atoms with van der Waals surface area (Å²) in [6.45, 7) is 2.31. The van der Waals surface area contributed by atoms with Crippen LogP contribution in [0, 0.1) is 0 Å². The molecule has 4 N–H and O–H groups in total. The van der Waals surface area contributed by atoms with Crippen molar-refractivity contribution in [2.75, 3.05) is 18.5 Å². The lowest BCUT2D eigenvalue weighted by Crippen LogP contribution is -2.45. The van der Waals surface area contributed by atoms with Gasteiger partial charge in [-0.15, -0.1) is 0 Å². The summed E-state index contributed by atoms with van der Waals surface area (Å²) in [6, 6.07) is 5.68. The van der Waals surface area contributed by atoms with E-state index in [2.05, 4.69) is 12.2 Å². The van der Waals surface area contributed by atoms with Crippen molar-refractivity contribution < 1.29 is 24.5 Å². The number of ether oxygens (including phenoxy) is 1. The van der Waals surface area contributed by atoms with E-state index in [9.17, 15) is 9.59 Å². The van der Waals surface area contributed by atoms with Gasteiger partial charge >= 0.3 is 6.09 Å². The van der Waals surface area contributed by atoms with E-state index in [0.29, 0.717) is 12.3 Å². The number of carbonyl (C=O) groups excluding carboxylic acids is 1. The number of aliphatic hydroxyl groups excluding tert-OH is 1. The van der Waals surface area contributed by atoms with Crippen molar-refractivity contribution >= 4 is 17.7 Å². The molecular weight excluding hydrogens is 396 g/mol. The number of anilines is 1. The van der Waals surface area contributed by atoms with Gasteiger partial charge < -0.3 is 25.6 Å². The molecule has 0 spiro atoms. The molecule has 1 aromatic carbocycles. The Bertz CT molecular complexity index is 606. The maximum absolute atomic E-state index is 11.9. The van der Waals surface area contributed by atoms with Gasteiger partial charge in [-0.3, -0.25) is 4.79 Å². The maximum Gasteiger partial charge on any atom is 0.405 e. The van der Waals surface area contributed by atoms with Gasteiger partial charge in [-0.2, -0.15) is 0 Å². The van der Waals surface area contributed by atoms with Crippen LogP contribution in [0.5, 0.6) is 5.75 Å². The smallest absolute Gasteiger partial charge is 0.405 e. The predicted octanol–water partition coefficient (Wildman–Crippen LogP) is 5.33. The fourth-order valence-electron chi connectivity index (χ4n) is 3.34. The van der Waals surface area contributed by atoms with Gasteiger partial charge in [0.05, 0.1) is 13.2 Å². The zero-order valence-electron chi connectivity index (χ0n) is 18.9. The number of hydrogen-bond donors (Lipinski definition) is 4. The van der Waals surface area contributed by atoms with E-state index >= 15 is 0 Å². The quantitative estimate of drug-likeness (QED) is 0.233. The van der Waals surface area contributed by atoms with Gasteiger partial charge in [0.1, 0.15) is 11.8 Å². The van der Waals surface area contributed by atoms with Crippen molar-refractivity contribution in [1.82, 2.24) is 5.32 Å². The third kappa shape index (κ3) is 13.6. The molecule has 0 saturated carbocycles. The van der Waals surface area contributed by atoms with Crippen LogP contribution in [0.2, 0.25) is 0 Å². The number of nitrogens with one attached hydrogen (secondary N) is 2. The van der Waals surface area contributed by atoms with Crippen LogP contribution in [0.15, 0.2) is 24.3 Å². The third-order valence-corrected chi connectivity index (χ3v) is 5.19. The maximum atomic E-state index is 11.9. The minimum Gasteiger partial charge on any atom is -0.494 e. The van der Waals surface area contributed by atoms with Crippen LogP contribution in [0.25, 0.3) is 0 Å². The molecule has 7 heteroatoms. The number of hydrogen-bond acceptors (Lipinski definition) is 4. The molecular formula is C24H40N2O5. The molecule has 0 heterocycles. The first-order valence-corrected chi connectivity index (χ1v) is 11.7. The number of carboxylic acid groups (broad SMARTS) is 1. The highest BCUT2D eigenvalue weighted by molar-refractivity contribution is 5.96. The molecule has 0 fully saturated rings. The number of rotatable bonds is 18. The van der Waals surface area contributed by atoms with E-state index < -0.39 is 24.6 Å². The van der Waals surface area contributed by atoms with Gasteiger partial charge in [-0.1, -0.05) is 77.6 Å². The summed E-state index contributed by atoms with van der Waals surface area (Å²) in [5, 5.41) is 22.3. The van der Waals surface area contributed by atoms with Crippen molar-refractivity contribution in [3.05, 3.63) is 24.3 Å². The third-order valence-electron chi connectivity index (χ3n) is 5.19. The first-order valence-electron chi connectivity index (χ1n) is 11.7. The number of benzene rings is 1. The molecule has 0 radical (unpaired) electrons. The summed E-state index contributed by atoms with van der Waals surface area (Å²) >= 11 is 0. The summed E-state index contributed by atoms with van der Waals surface area (Å²) in [7, 11) is 0. The monoisotopic (exact) mass is 436 g/mol. The van der Waals surface area contributed by atoms with E-state index in [1.54, 1.807) is 24.3 Å². The number of aliphatic hydroxyl groups is 1. The van der Waals surface area contributed by atoms with E-state index in [1.807, 2.05) is 5.32 Å². The Morgan fingerprint density at radius 2 is 1.39 bits per heavy atom. The molecule has 0 aromatic heterocycles. The summed E-state index contributed by atoms with van der Waals surface area (Å²) < 4.78 is 5.74. The van der Waals surface area contributed by atoms with Crippen LogP contribution in [-0.4, -0.2) is 41.5 Å². The molecule has 0 saturated heterocycles. The standard InChI is InChI=1S/C24H40N2O5/c1-2-3-4-5-6-7-8-9-10-11-12-13-18-31-21-16-14-20(15-17-21)25-23(28)22(19-27)26-24(29)30/h14-17,22,26-27H,2-13,18-19H2,1H3,(H,25,28)(H,29,30). The minimum absolute atomic E-state index is 0.508. The van der Waals surface area contributed by atoms with Gasteiger partial charge in [-0.25, -0.2) is 4.79 Å². The van der Waals surface area contributed by atoms with Crippen molar-refractivity contribution in [2.24, 2.45) is 0 Å². The molecule has 0 aliphatic rings. The normalized spacial score (nSPS) is 11.7. The molecule has 0 bridgehead atoms. The highest BCUT2D eigenvalue weighted by atomic mass is 16.5. The highest BCUT2D eigenvalue weighted by Crippen LogP contribution is 2.17. The van der Waals surface area contributed by atoms with Gasteiger partial charge in [-0.05, 0) is 30.7 Å². The van der Waals surface area contributed by atoms with E-state index in [4.69, 9.17) is 14.9 Å². The van der Waals surface area contributed by atoms with Crippen LogP contribution < -0.4 is 15.4 Å². The molecule has 1 atom stereocenters. The van der Waals surface area contributed by atoms with E-state index in [-0.39, 0.29) is 0 Å². The van der Waals surface area contributed by atoms with Gasteiger partial charge in [0.15, 0.2) is 0 Å². The molecule has 7 nitrogen and oxygen atoms in total. The minimum atomic E-state index is -1.37. The van der Waals surface area contributed by atoms with Crippen LogP contribution in [0.3, 0.4) is 0 Å². The fraction of sp³-hybridized carbons (Fsp3) is 0.667. The topological polar surface area (TPSA) is 108 Å². The van der Waals surface area contributed by atoms with Crippen molar-refractivity contribution in [3.63, 3.8) is 0 Å². The first kappa shape index (κ1) is 26.8. The highest BCUT2D eigenvalue weighted by Gasteiger charge is 2.19. The summed E-state index contributed by atoms with van der Waals surface area (Å²) in [5.41, 5.74) is 0.508. The van der Waals surface area contributed by atoms with E-state index in [1.165, 1.54) is 70.6 Å². The average Bonchev–Trinajstić information content (AvgIpc) is 2.76. The summed E-state index contributed by atoms with van der Waals surface area (Å²) in [6.07, 6.45) is 14.3. The second-order valence-electron chi connectivity index (χ2n) is 7.94. The number of unbranched alkanes of at least 4 members (excludes halogenated alkanes) is 11. The Balaban J connectivity index is 2.08. The lowest BCUT2D eigenvalue weighted by molar-refractivity contribution is -0.118. The Labute approximate surface area is 186 Å². The molecule has 0 aliphatic carbocycles. The Morgan fingerprint density at radius 3 is 1.87 bits per heavy atom. The molecule has 176 valence electrons. The predicted molar refractivity (Wildman–Crippen MR) is 124 cm³/mol. The SMILES string of the molecule is CCCCCCCCCCCCCCOc1ccc(NC(=O)C(CO)NC(=O)O)cc1. The van der Waals surface area contributed by atoms with Crippen molar-refractivity contribution in [3.8, 4) is 5.75 Å². The van der Waals surface area contributed by atoms with Gasteiger partial charge in [0.25, 0.3) is 0 Å². The fourth-order valence-corrected chi connectivity index (χ4v) is 3.34. The first-order chi connectivity index (χ1) is 15.1. The molecule has 1 aromatic rings. The number of amides is 2. The summed E-state index contributed by atoms with van der Waals surface area (Å²) in [4.78, 5) is 22.6. The van der Waals surface area contributed by atoms with Gasteiger partial charge in [0.2, 0.25) is 5.91 Å². The molecule has 1 unspecified atom stereocenters. The van der Waals surface area contributed by atoms with E-state index in [0.717, 1.165) is 12.2 Å². The molecule has 31 heavy (non-hydrogen) atoms. The zero-order chi connectivity index (χ0) is 22.7. The average molecular weight is 437 g/mol. The molecule has 1 rings (SSSR count).